The SMILES string of the molecule is CC(C(=O)N1CCC(O)(C(=O)O)CC1)n1nnc(-c2ccccc2)n1. The molecule has 1 saturated heterocycles. The van der Waals surface area contributed by atoms with E-state index in [9.17, 15) is 14.7 Å². The van der Waals surface area contributed by atoms with Crippen LogP contribution in [0.15, 0.2) is 30.3 Å². The number of likely N-dealkylation sites (tertiary alicyclic amines) is 1. The lowest BCUT2D eigenvalue weighted by Gasteiger charge is -2.36. The number of tetrazole rings is 1. The maximum absolute atomic E-state index is 12.6. The van der Waals surface area contributed by atoms with Gasteiger partial charge < -0.3 is 15.1 Å². The number of aliphatic carboxylic acids is 1. The van der Waals surface area contributed by atoms with E-state index in [1.54, 1.807) is 6.92 Å². The van der Waals surface area contributed by atoms with E-state index in [0.29, 0.717) is 5.82 Å². The molecule has 2 aromatic rings. The number of benzene rings is 1. The highest BCUT2D eigenvalue weighted by Gasteiger charge is 2.41. The molecule has 1 aromatic heterocycles. The van der Waals surface area contributed by atoms with E-state index in [1.165, 1.54) is 9.70 Å². The summed E-state index contributed by atoms with van der Waals surface area (Å²) in [6.45, 7) is 2.01. The van der Waals surface area contributed by atoms with E-state index in [1.807, 2.05) is 30.3 Å². The minimum atomic E-state index is -1.76. The van der Waals surface area contributed by atoms with E-state index in [-0.39, 0.29) is 31.8 Å². The molecule has 1 unspecified atom stereocenters. The number of hydrogen-bond donors (Lipinski definition) is 2. The summed E-state index contributed by atoms with van der Waals surface area (Å²) in [5, 5.41) is 31.2. The van der Waals surface area contributed by atoms with Crippen molar-refractivity contribution >= 4 is 11.9 Å². The van der Waals surface area contributed by atoms with Crippen LogP contribution in [-0.4, -0.2) is 65.9 Å². The second-order valence-corrected chi connectivity index (χ2v) is 6.14. The molecule has 1 fully saturated rings. The first-order chi connectivity index (χ1) is 11.9. The topological polar surface area (TPSA) is 121 Å². The summed E-state index contributed by atoms with van der Waals surface area (Å²) in [5.41, 5.74) is -0.954. The lowest BCUT2D eigenvalue weighted by atomic mass is 9.91. The van der Waals surface area contributed by atoms with E-state index in [0.717, 1.165) is 5.56 Å². The maximum atomic E-state index is 12.6. The van der Waals surface area contributed by atoms with Crippen LogP contribution in [0.25, 0.3) is 11.4 Å². The summed E-state index contributed by atoms with van der Waals surface area (Å²) in [6.07, 6.45) is 0.00168. The average molecular weight is 345 g/mol. The molecule has 132 valence electrons. The molecule has 0 aliphatic carbocycles. The van der Waals surface area contributed by atoms with Gasteiger partial charge in [0, 0.05) is 31.5 Å². The third-order valence-electron chi connectivity index (χ3n) is 4.46. The highest BCUT2D eigenvalue weighted by Crippen LogP contribution is 2.24. The number of carboxylic acids is 1. The lowest BCUT2D eigenvalue weighted by Crippen LogP contribution is -2.52. The number of aliphatic hydroxyl groups is 1. The van der Waals surface area contributed by atoms with Crippen molar-refractivity contribution in [3.63, 3.8) is 0 Å². The highest BCUT2D eigenvalue weighted by molar-refractivity contribution is 5.81. The fourth-order valence-electron chi connectivity index (χ4n) is 2.77. The number of hydrogen-bond acceptors (Lipinski definition) is 6. The van der Waals surface area contributed by atoms with Crippen molar-refractivity contribution in [1.29, 1.82) is 0 Å². The van der Waals surface area contributed by atoms with Crippen LogP contribution in [0.5, 0.6) is 0 Å². The molecule has 25 heavy (non-hydrogen) atoms. The second kappa shape index (κ2) is 6.60. The molecule has 0 saturated carbocycles. The molecule has 9 heteroatoms. The molecule has 1 aliphatic heterocycles. The molecule has 1 aliphatic rings. The summed E-state index contributed by atoms with van der Waals surface area (Å²) in [5.74, 6) is -1.05. The third-order valence-corrected chi connectivity index (χ3v) is 4.46. The van der Waals surface area contributed by atoms with Crippen molar-refractivity contribution in [2.45, 2.75) is 31.4 Å². The first-order valence-corrected chi connectivity index (χ1v) is 8.00. The Labute approximate surface area is 143 Å². The average Bonchev–Trinajstić information content (AvgIpc) is 3.12. The third kappa shape index (κ3) is 3.36. The standard InChI is InChI=1S/C16H19N5O4/c1-11(14(22)20-9-7-16(25,8-10-20)15(23)24)21-18-13(17-19-21)12-5-3-2-4-6-12/h2-6,11,25H,7-10H2,1H3,(H,23,24). The van der Waals surface area contributed by atoms with Gasteiger partial charge in [-0.2, -0.15) is 4.80 Å². The zero-order valence-corrected chi connectivity index (χ0v) is 13.7. The van der Waals surface area contributed by atoms with Gasteiger partial charge in [-0.1, -0.05) is 30.3 Å². The van der Waals surface area contributed by atoms with Crippen LogP contribution in [0.1, 0.15) is 25.8 Å². The molecule has 2 heterocycles. The molecule has 0 spiro atoms. The summed E-state index contributed by atoms with van der Waals surface area (Å²) in [7, 11) is 0. The lowest BCUT2D eigenvalue weighted by molar-refractivity contribution is -0.165. The molecule has 3 rings (SSSR count). The van der Waals surface area contributed by atoms with Gasteiger partial charge >= 0.3 is 5.97 Å². The summed E-state index contributed by atoms with van der Waals surface area (Å²) in [4.78, 5) is 26.4. The minimum absolute atomic E-state index is 0.000838. The van der Waals surface area contributed by atoms with Gasteiger partial charge in [0.15, 0.2) is 5.60 Å². The number of nitrogens with zero attached hydrogens (tertiary/aromatic N) is 5. The number of carbonyl (C=O) groups excluding carboxylic acids is 1. The minimum Gasteiger partial charge on any atom is -0.479 e. The number of rotatable bonds is 4. The van der Waals surface area contributed by atoms with Crippen molar-refractivity contribution in [3.8, 4) is 11.4 Å². The van der Waals surface area contributed by atoms with Crippen molar-refractivity contribution in [2.24, 2.45) is 0 Å². The number of carbonyl (C=O) groups is 2. The molecule has 0 bridgehead atoms. The van der Waals surface area contributed by atoms with Gasteiger partial charge in [0.1, 0.15) is 6.04 Å². The Morgan fingerprint density at radius 1 is 1.20 bits per heavy atom. The van der Waals surface area contributed by atoms with Crippen molar-refractivity contribution in [3.05, 3.63) is 30.3 Å². The van der Waals surface area contributed by atoms with E-state index in [2.05, 4.69) is 15.4 Å². The Hall–Kier alpha value is -2.81. The largest absolute Gasteiger partial charge is 0.479 e. The number of piperidine rings is 1. The van der Waals surface area contributed by atoms with E-state index < -0.39 is 17.6 Å². The first-order valence-electron chi connectivity index (χ1n) is 8.00. The van der Waals surface area contributed by atoms with Gasteiger partial charge in [0.25, 0.3) is 0 Å². The molecule has 1 aromatic carbocycles. The number of carboxylic acid groups (broad SMARTS) is 1. The van der Waals surface area contributed by atoms with Crippen LogP contribution in [-0.2, 0) is 9.59 Å². The molecule has 2 N–H and O–H groups in total. The molecule has 1 amide bonds. The quantitative estimate of drug-likeness (QED) is 0.819. The Balaban J connectivity index is 1.68. The number of aromatic nitrogens is 4. The van der Waals surface area contributed by atoms with Crippen LogP contribution in [0.4, 0.5) is 0 Å². The van der Waals surface area contributed by atoms with E-state index >= 15 is 0 Å². The van der Waals surface area contributed by atoms with Crippen LogP contribution in [0, 0.1) is 0 Å². The molecule has 9 nitrogen and oxygen atoms in total. The van der Waals surface area contributed by atoms with Gasteiger partial charge in [0.05, 0.1) is 0 Å². The van der Waals surface area contributed by atoms with Crippen molar-refractivity contribution < 1.29 is 19.8 Å². The van der Waals surface area contributed by atoms with Gasteiger partial charge in [-0.3, -0.25) is 4.79 Å². The summed E-state index contributed by atoms with van der Waals surface area (Å²) in [6, 6.07) is 8.65. The Morgan fingerprint density at radius 2 is 1.84 bits per heavy atom. The molecule has 1 atom stereocenters. The Morgan fingerprint density at radius 3 is 2.44 bits per heavy atom. The van der Waals surface area contributed by atoms with Crippen LogP contribution < -0.4 is 0 Å². The van der Waals surface area contributed by atoms with E-state index in [4.69, 9.17) is 5.11 Å². The zero-order chi connectivity index (χ0) is 18.0. The normalized spacial score (nSPS) is 17.9. The second-order valence-electron chi connectivity index (χ2n) is 6.14. The molecule has 0 radical (unpaired) electrons. The zero-order valence-electron chi connectivity index (χ0n) is 13.7. The van der Waals surface area contributed by atoms with Crippen molar-refractivity contribution in [1.82, 2.24) is 25.1 Å². The highest BCUT2D eigenvalue weighted by atomic mass is 16.4. The van der Waals surface area contributed by atoms with Crippen LogP contribution >= 0.6 is 0 Å². The Bertz CT molecular complexity index is 768. The summed E-state index contributed by atoms with van der Waals surface area (Å²) >= 11 is 0. The molecular weight excluding hydrogens is 326 g/mol. The van der Waals surface area contributed by atoms with Gasteiger partial charge in [0.2, 0.25) is 11.7 Å². The van der Waals surface area contributed by atoms with Gasteiger partial charge in [-0.05, 0) is 12.1 Å². The van der Waals surface area contributed by atoms with Crippen molar-refractivity contribution in [2.75, 3.05) is 13.1 Å². The van der Waals surface area contributed by atoms with Crippen LogP contribution in [0.2, 0.25) is 0 Å². The predicted octanol–water partition coefficient (Wildman–Crippen LogP) is 0.339. The monoisotopic (exact) mass is 345 g/mol. The molecular formula is C16H19N5O4. The smallest absolute Gasteiger partial charge is 0.335 e. The predicted molar refractivity (Wildman–Crippen MR) is 86.4 cm³/mol. The number of amides is 1. The first kappa shape index (κ1) is 17.0. The fourth-order valence-corrected chi connectivity index (χ4v) is 2.77. The Kier molecular flexibility index (Phi) is 4.49. The fraction of sp³-hybridized carbons (Fsp3) is 0.438. The van der Waals surface area contributed by atoms with Gasteiger partial charge in [-0.15, -0.1) is 10.2 Å². The van der Waals surface area contributed by atoms with Gasteiger partial charge in [-0.25, -0.2) is 4.79 Å². The maximum Gasteiger partial charge on any atom is 0.335 e. The van der Waals surface area contributed by atoms with Crippen LogP contribution in [0.3, 0.4) is 0 Å². The summed E-state index contributed by atoms with van der Waals surface area (Å²) < 4.78 is 0.